The minimum Gasteiger partial charge on any atom is -0.378 e. The molecule has 142 valence electrons. The number of fused-ring (bicyclic) bond motifs is 1. The molecule has 0 radical (unpaired) electrons. The Labute approximate surface area is 158 Å². The number of hydrogen-bond acceptors (Lipinski definition) is 6. The van der Waals surface area contributed by atoms with Crippen LogP contribution in [0.1, 0.15) is 18.2 Å². The van der Waals surface area contributed by atoms with Gasteiger partial charge in [0.05, 0.1) is 25.2 Å². The Bertz CT molecular complexity index is 918. The van der Waals surface area contributed by atoms with E-state index >= 15 is 0 Å². The van der Waals surface area contributed by atoms with Crippen molar-refractivity contribution in [3.05, 3.63) is 41.6 Å². The van der Waals surface area contributed by atoms with Crippen LogP contribution in [0, 0.1) is 6.92 Å². The van der Waals surface area contributed by atoms with Gasteiger partial charge in [0.2, 0.25) is 5.95 Å². The molecule has 0 aliphatic carbocycles. The number of H-pyrrole nitrogens is 1. The standard InChI is InChI=1S/C20H25N5O2/c1-3-26-13-15-5-4-6-16(12-15)22-19-17-11-14(2)21-18(17)23-20(24-19)25-7-9-27-10-8-25/h4-6,11-12H,3,7-10,13H2,1-2H3,(H2,21,22,23,24). The van der Waals surface area contributed by atoms with Gasteiger partial charge in [-0.1, -0.05) is 12.1 Å². The second-order valence-electron chi connectivity index (χ2n) is 6.65. The average molecular weight is 367 g/mol. The molecule has 4 rings (SSSR count). The van der Waals surface area contributed by atoms with Crippen LogP contribution < -0.4 is 10.2 Å². The van der Waals surface area contributed by atoms with Crippen LogP contribution >= 0.6 is 0 Å². The van der Waals surface area contributed by atoms with Crippen LogP contribution in [0.25, 0.3) is 11.0 Å². The van der Waals surface area contributed by atoms with Gasteiger partial charge in [0.25, 0.3) is 0 Å². The van der Waals surface area contributed by atoms with Crippen LogP contribution in [-0.2, 0) is 16.1 Å². The van der Waals surface area contributed by atoms with Gasteiger partial charge < -0.3 is 24.7 Å². The molecule has 3 heterocycles. The molecular weight excluding hydrogens is 342 g/mol. The Balaban J connectivity index is 1.67. The van der Waals surface area contributed by atoms with E-state index < -0.39 is 0 Å². The highest BCUT2D eigenvalue weighted by molar-refractivity contribution is 5.90. The van der Waals surface area contributed by atoms with Crippen molar-refractivity contribution in [2.75, 3.05) is 43.1 Å². The number of aromatic nitrogens is 3. The second-order valence-corrected chi connectivity index (χ2v) is 6.65. The Morgan fingerprint density at radius 1 is 1.22 bits per heavy atom. The number of aryl methyl sites for hydroxylation is 1. The highest BCUT2D eigenvalue weighted by Gasteiger charge is 2.17. The summed E-state index contributed by atoms with van der Waals surface area (Å²) in [7, 11) is 0. The normalized spacial score (nSPS) is 14.7. The molecule has 2 N–H and O–H groups in total. The first-order valence-electron chi connectivity index (χ1n) is 9.36. The van der Waals surface area contributed by atoms with Crippen molar-refractivity contribution in [1.29, 1.82) is 0 Å². The quantitative estimate of drug-likeness (QED) is 0.696. The summed E-state index contributed by atoms with van der Waals surface area (Å²) in [4.78, 5) is 15.0. The van der Waals surface area contributed by atoms with Crippen LogP contribution in [0.3, 0.4) is 0 Å². The summed E-state index contributed by atoms with van der Waals surface area (Å²) in [6.45, 7) is 8.34. The van der Waals surface area contributed by atoms with E-state index in [1.165, 1.54) is 0 Å². The number of hydrogen-bond donors (Lipinski definition) is 2. The van der Waals surface area contributed by atoms with Crippen LogP contribution in [0.4, 0.5) is 17.5 Å². The van der Waals surface area contributed by atoms with Crippen LogP contribution in [0.2, 0.25) is 0 Å². The number of anilines is 3. The van der Waals surface area contributed by atoms with E-state index in [0.29, 0.717) is 26.4 Å². The third-order valence-corrected chi connectivity index (χ3v) is 4.57. The first kappa shape index (κ1) is 17.8. The largest absolute Gasteiger partial charge is 0.378 e. The fraction of sp³-hybridized carbons (Fsp3) is 0.400. The summed E-state index contributed by atoms with van der Waals surface area (Å²) in [5.41, 5.74) is 4.02. The minimum absolute atomic E-state index is 0.605. The fourth-order valence-electron chi connectivity index (χ4n) is 3.22. The number of morpholine rings is 1. The van der Waals surface area contributed by atoms with E-state index in [9.17, 15) is 0 Å². The maximum absolute atomic E-state index is 5.52. The second kappa shape index (κ2) is 7.94. The lowest BCUT2D eigenvalue weighted by molar-refractivity contribution is 0.122. The molecule has 3 aromatic rings. The third kappa shape index (κ3) is 4.04. The number of benzene rings is 1. The van der Waals surface area contributed by atoms with Crippen LogP contribution in [-0.4, -0.2) is 47.9 Å². The van der Waals surface area contributed by atoms with Crippen molar-refractivity contribution in [1.82, 2.24) is 15.0 Å². The number of nitrogens with one attached hydrogen (secondary N) is 2. The van der Waals surface area contributed by atoms with Gasteiger partial charge in [0, 0.05) is 31.1 Å². The first-order chi connectivity index (χ1) is 13.2. The molecule has 7 heteroatoms. The Hall–Kier alpha value is -2.64. The zero-order chi connectivity index (χ0) is 18.6. The molecule has 0 amide bonds. The third-order valence-electron chi connectivity index (χ3n) is 4.57. The van der Waals surface area contributed by atoms with Crippen LogP contribution in [0.15, 0.2) is 30.3 Å². The zero-order valence-corrected chi connectivity index (χ0v) is 15.8. The molecule has 27 heavy (non-hydrogen) atoms. The Morgan fingerprint density at radius 2 is 2.07 bits per heavy atom. The predicted molar refractivity (Wildman–Crippen MR) is 107 cm³/mol. The maximum atomic E-state index is 5.52. The number of aromatic amines is 1. The molecular formula is C20H25N5O2. The Morgan fingerprint density at radius 3 is 2.89 bits per heavy atom. The van der Waals surface area contributed by atoms with E-state index in [0.717, 1.165) is 52.8 Å². The maximum Gasteiger partial charge on any atom is 0.229 e. The summed E-state index contributed by atoms with van der Waals surface area (Å²) < 4.78 is 11.0. The van der Waals surface area contributed by atoms with Crippen molar-refractivity contribution >= 4 is 28.5 Å². The van der Waals surface area contributed by atoms with Crippen LogP contribution in [0.5, 0.6) is 0 Å². The highest BCUT2D eigenvalue weighted by atomic mass is 16.5. The van der Waals surface area contributed by atoms with E-state index in [1.54, 1.807) is 0 Å². The lowest BCUT2D eigenvalue weighted by Gasteiger charge is -2.27. The van der Waals surface area contributed by atoms with E-state index in [4.69, 9.17) is 19.4 Å². The molecule has 1 aliphatic heterocycles. The predicted octanol–water partition coefficient (Wildman–Crippen LogP) is 3.38. The summed E-state index contributed by atoms with van der Waals surface area (Å²) >= 11 is 0. The molecule has 1 aromatic carbocycles. The molecule has 0 saturated carbocycles. The summed E-state index contributed by atoms with van der Waals surface area (Å²) in [6.07, 6.45) is 0. The molecule has 0 atom stereocenters. The van der Waals surface area contributed by atoms with Gasteiger partial charge in [0.15, 0.2) is 0 Å². The van der Waals surface area contributed by atoms with E-state index in [-0.39, 0.29) is 0 Å². The molecule has 7 nitrogen and oxygen atoms in total. The summed E-state index contributed by atoms with van der Waals surface area (Å²) in [5, 5.41) is 4.46. The molecule has 2 aromatic heterocycles. The van der Waals surface area contributed by atoms with E-state index in [1.807, 2.05) is 26.0 Å². The molecule has 0 unspecified atom stereocenters. The lowest BCUT2D eigenvalue weighted by Crippen LogP contribution is -2.37. The van der Waals surface area contributed by atoms with Gasteiger partial charge in [0.1, 0.15) is 11.5 Å². The average Bonchev–Trinajstić information content (AvgIpc) is 3.08. The summed E-state index contributed by atoms with van der Waals surface area (Å²) in [5.74, 6) is 1.53. The fourth-order valence-corrected chi connectivity index (χ4v) is 3.22. The van der Waals surface area contributed by atoms with E-state index in [2.05, 4.69) is 33.4 Å². The monoisotopic (exact) mass is 367 g/mol. The number of ether oxygens (including phenoxy) is 2. The Kier molecular flexibility index (Phi) is 5.22. The van der Waals surface area contributed by atoms with Crippen molar-refractivity contribution in [3.8, 4) is 0 Å². The van der Waals surface area contributed by atoms with Gasteiger partial charge in [-0.3, -0.25) is 0 Å². The number of rotatable bonds is 6. The zero-order valence-electron chi connectivity index (χ0n) is 15.8. The first-order valence-corrected chi connectivity index (χ1v) is 9.36. The summed E-state index contributed by atoms with van der Waals surface area (Å²) in [6, 6.07) is 10.3. The lowest BCUT2D eigenvalue weighted by atomic mass is 10.2. The van der Waals surface area contributed by atoms with Crippen molar-refractivity contribution in [2.45, 2.75) is 20.5 Å². The SMILES string of the molecule is CCOCc1cccc(Nc2nc(N3CCOCC3)nc3[nH]c(C)cc23)c1. The molecule has 0 bridgehead atoms. The minimum atomic E-state index is 0.605. The van der Waals surface area contributed by atoms with Crippen molar-refractivity contribution in [2.24, 2.45) is 0 Å². The van der Waals surface area contributed by atoms with Crippen molar-refractivity contribution in [3.63, 3.8) is 0 Å². The molecule has 1 saturated heterocycles. The number of nitrogens with zero attached hydrogens (tertiary/aromatic N) is 3. The highest BCUT2D eigenvalue weighted by Crippen LogP contribution is 2.27. The van der Waals surface area contributed by atoms with Crippen molar-refractivity contribution < 1.29 is 9.47 Å². The van der Waals surface area contributed by atoms with Gasteiger partial charge in [-0.2, -0.15) is 9.97 Å². The molecule has 1 fully saturated rings. The molecule has 1 aliphatic rings. The van der Waals surface area contributed by atoms with Gasteiger partial charge in [-0.15, -0.1) is 0 Å². The van der Waals surface area contributed by atoms with Gasteiger partial charge >= 0.3 is 0 Å². The van der Waals surface area contributed by atoms with Gasteiger partial charge in [-0.05, 0) is 37.6 Å². The molecule has 0 spiro atoms. The topological polar surface area (TPSA) is 75.3 Å². The van der Waals surface area contributed by atoms with Gasteiger partial charge in [-0.25, -0.2) is 0 Å². The smallest absolute Gasteiger partial charge is 0.229 e.